The van der Waals surface area contributed by atoms with Crippen LogP contribution in [0.3, 0.4) is 0 Å². The SMILES string of the molecule is CCCCNC(=O)[C@H](CC)N(Cc1ccc(F)cc1)C(=O)CSc1ccc(Cl)cc1. The van der Waals surface area contributed by atoms with Gasteiger partial charge in [-0.15, -0.1) is 11.8 Å². The molecule has 30 heavy (non-hydrogen) atoms. The molecule has 1 N–H and O–H groups in total. The predicted molar refractivity (Wildman–Crippen MR) is 121 cm³/mol. The number of benzene rings is 2. The van der Waals surface area contributed by atoms with E-state index in [2.05, 4.69) is 12.2 Å². The third-order valence-corrected chi connectivity index (χ3v) is 5.91. The van der Waals surface area contributed by atoms with Crippen molar-refractivity contribution in [2.75, 3.05) is 12.3 Å². The van der Waals surface area contributed by atoms with Gasteiger partial charge in [0.2, 0.25) is 11.8 Å². The number of unbranched alkanes of at least 4 members (excludes halogenated alkanes) is 1. The average Bonchev–Trinajstić information content (AvgIpc) is 2.74. The Labute approximate surface area is 187 Å². The van der Waals surface area contributed by atoms with E-state index >= 15 is 0 Å². The summed E-state index contributed by atoms with van der Waals surface area (Å²) in [5.41, 5.74) is 0.779. The highest BCUT2D eigenvalue weighted by Gasteiger charge is 2.28. The van der Waals surface area contributed by atoms with Gasteiger partial charge < -0.3 is 10.2 Å². The van der Waals surface area contributed by atoms with Gasteiger partial charge in [-0.1, -0.05) is 44.0 Å². The van der Waals surface area contributed by atoms with Crippen molar-refractivity contribution in [1.82, 2.24) is 10.2 Å². The minimum atomic E-state index is -0.578. The minimum Gasteiger partial charge on any atom is -0.354 e. The topological polar surface area (TPSA) is 49.4 Å². The minimum absolute atomic E-state index is 0.142. The van der Waals surface area contributed by atoms with Crippen LogP contribution in [0.15, 0.2) is 53.4 Å². The molecule has 2 rings (SSSR count). The van der Waals surface area contributed by atoms with Crippen molar-refractivity contribution in [3.05, 3.63) is 64.9 Å². The first-order valence-corrected chi connectivity index (χ1v) is 11.5. The van der Waals surface area contributed by atoms with Crippen molar-refractivity contribution >= 4 is 35.2 Å². The average molecular weight is 451 g/mol. The van der Waals surface area contributed by atoms with E-state index in [0.29, 0.717) is 18.0 Å². The highest BCUT2D eigenvalue weighted by atomic mass is 35.5. The summed E-state index contributed by atoms with van der Waals surface area (Å²) in [5, 5.41) is 3.57. The third-order valence-electron chi connectivity index (χ3n) is 4.66. The molecule has 2 aromatic carbocycles. The molecular weight excluding hydrogens is 423 g/mol. The number of hydrogen-bond acceptors (Lipinski definition) is 3. The van der Waals surface area contributed by atoms with E-state index in [0.717, 1.165) is 23.3 Å². The van der Waals surface area contributed by atoms with Crippen molar-refractivity contribution < 1.29 is 14.0 Å². The number of hydrogen-bond donors (Lipinski definition) is 1. The normalized spacial score (nSPS) is 11.7. The molecule has 0 bridgehead atoms. The monoisotopic (exact) mass is 450 g/mol. The lowest BCUT2D eigenvalue weighted by Crippen LogP contribution is -2.49. The smallest absolute Gasteiger partial charge is 0.242 e. The molecule has 0 aliphatic carbocycles. The van der Waals surface area contributed by atoms with E-state index < -0.39 is 6.04 Å². The number of nitrogens with one attached hydrogen (secondary N) is 1. The van der Waals surface area contributed by atoms with Gasteiger partial charge in [-0.2, -0.15) is 0 Å². The van der Waals surface area contributed by atoms with Crippen LogP contribution in [-0.4, -0.2) is 35.1 Å². The zero-order valence-electron chi connectivity index (χ0n) is 17.4. The van der Waals surface area contributed by atoms with Crippen LogP contribution < -0.4 is 5.32 Å². The van der Waals surface area contributed by atoms with Crippen LogP contribution in [0.4, 0.5) is 4.39 Å². The number of thioether (sulfide) groups is 1. The highest BCUT2D eigenvalue weighted by molar-refractivity contribution is 8.00. The van der Waals surface area contributed by atoms with E-state index in [-0.39, 0.29) is 29.9 Å². The largest absolute Gasteiger partial charge is 0.354 e. The van der Waals surface area contributed by atoms with Crippen molar-refractivity contribution in [3.8, 4) is 0 Å². The Morgan fingerprint density at radius 3 is 2.37 bits per heavy atom. The maximum atomic E-state index is 13.3. The molecule has 0 aliphatic rings. The van der Waals surface area contributed by atoms with E-state index in [1.807, 2.05) is 19.1 Å². The van der Waals surface area contributed by atoms with Crippen molar-refractivity contribution in [2.24, 2.45) is 0 Å². The molecule has 0 heterocycles. The molecule has 4 nitrogen and oxygen atoms in total. The van der Waals surface area contributed by atoms with Gasteiger partial charge in [0.25, 0.3) is 0 Å². The lowest BCUT2D eigenvalue weighted by atomic mass is 10.1. The summed E-state index contributed by atoms with van der Waals surface area (Å²) in [5.74, 6) is -0.435. The maximum absolute atomic E-state index is 13.3. The Bertz CT molecular complexity index is 815. The number of nitrogens with zero attached hydrogens (tertiary/aromatic N) is 1. The quantitative estimate of drug-likeness (QED) is 0.373. The summed E-state index contributed by atoms with van der Waals surface area (Å²) in [7, 11) is 0. The predicted octanol–water partition coefficient (Wildman–Crippen LogP) is 5.29. The molecule has 0 spiro atoms. The molecule has 0 aliphatic heterocycles. The lowest BCUT2D eigenvalue weighted by molar-refractivity contribution is -0.139. The Kier molecular flexibility index (Phi) is 10.2. The second kappa shape index (κ2) is 12.6. The summed E-state index contributed by atoms with van der Waals surface area (Å²) < 4.78 is 13.3. The van der Waals surface area contributed by atoms with Gasteiger partial charge in [-0.25, -0.2) is 4.39 Å². The van der Waals surface area contributed by atoms with Crippen LogP contribution >= 0.6 is 23.4 Å². The first-order chi connectivity index (χ1) is 14.4. The highest BCUT2D eigenvalue weighted by Crippen LogP contribution is 2.22. The lowest BCUT2D eigenvalue weighted by Gasteiger charge is -2.30. The molecule has 0 saturated carbocycles. The second-order valence-corrected chi connectivity index (χ2v) is 8.44. The van der Waals surface area contributed by atoms with Crippen LogP contribution in [0.1, 0.15) is 38.7 Å². The van der Waals surface area contributed by atoms with Crippen LogP contribution in [0, 0.1) is 5.82 Å². The van der Waals surface area contributed by atoms with Gasteiger partial charge in [0.15, 0.2) is 0 Å². The van der Waals surface area contributed by atoms with Gasteiger partial charge in [-0.05, 0) is 54.8 Å². The van der Waals surface area contributed by atoms with Crippen LogP contribution in [0.2, 0.25) is 5.02 Å². The molecule has 2 amide bonds. The Morgan fingerprint density at radius 2 is 1.77 bits per heavy atom. The molecule has 0 saturated heterocycles. The standard InChI is InChI=1S/C23H28ClFN2O2S/c1-3-5-14-26-23(29)21(4-2)27(15-17-6-10-19(25)11-7-17)22(28)16-30-20-12-8-18(24)9-13-20/h6-13,21H,3-5,14-16H2,1-2H3,(H,26,29)/t21-/m0/s1. The number of rotatable bonds is 11. The van der Waals surface area contributed by atoms with Gasteiger partial charge in [0.05, 0.1) is 5.75 Å². The Balaban J connectivity index is 2.15. The van der Waals surface area contributed by atoms with Crippen LogP contribution in [-0.2, 0) is 16.1 Å². The number of carbonyl (C=O) groups excluding carboxylic acids is 2. The summed E-state index contributed by atoms with van der Waals surface area (Å²) in [4.78, 5) is 28.4. The first kappa shape index (κ1) is 24.2. The fourth-order valence-corrected chi connectivity index (χ4v) is 3.88. The molecule has 1 atom stereocenters. The molecule has 0 radical (unpaired) electrons. The zero-order chi connectivity index (χ0) is 21.9. The Morgan fingerprint density at radius 1 is 1.10 bits per heavy atom. The van der Waals surface area contributed by atoms with Crippen molar-refractivity contribution in [2.45, 2.75) is 50.6 Å². The fraction of sp³-hybridized carbons (Fsp3) is 0.391. The van der Waals surface area contributed by atoms with Crippen molar-refractivity contribution in [1.29, 1.82) is 0 Å². The fourth-order valence-electron chi connectivity index (χ4n) is 2.97. The first-order valence-electron chi connectivity index (χ1n) is 10.1. The molecule has 0 fully saturated rings. The van der Waals surface area contributed by atoms with Crippen LogP contribution in [0.25, 0.3) is 0 Å². The van der Waals surface area contributed by atoms with Gasteiger partial charge in [-0.3, -0.25) is 9.59 Å². The van der Waals surface area contributed by atoms with E-state index in [9.17, 15) is 14.0 Å². The van der Waals surface area contributed by atoms with E-state index in [1.54, 1.807) is 29.2 Å². The molecule has 162 valence electrons. The number of carbonyl (C=O) groups is 2. The Hall–Kier alpha value is -2.05. The summed E-state index contributed by atoms with van der Waals surface area (Å²) in [6.45, 7) is 4.78. The van der Waals surface area contributed by atoms with E-state index in [1.165, 1.54) is 23.9 Å². The van der Waals surface area contributed by atoms with Gasteiger partial charge >= 0.3 is 0 Å². The maximum Gasteiger partial charge on any atom is 0.242 e. The summed E-state index contributed by atoms with van der Waals surface area (Å²) in [6, 6.07) is 12.7. The zero-order valence-corrected chi connectivity index (χ0v) is 18.9. The van der Waals surface area contributed by atoms with Crippen molar-refractivity contribution in [3.63, 3.8) is 0 Å². The molecule has 7 heteroatoms. The molecular formula is C23H28ClFN2O2S. The summed E-state index contributed by atoms with van der Waals surface area (Å²) >= 11 is 7.32. The van der Waals surface area contributed by atoms with Gasteiger partial charge in [0, 0.05) is 23.0 Å². The van der Waals surface area contributed by atoms with Crippen LogP contribution in [0.5, 0.6) is 0 Å². The number of amides is 2. The third kappa shape index (κ3) is 7.65. The molecule has 0 aromatic heterocycles. The second-order valence-electron chi connectivity index (χ2n) is 6.96. The summed E-state index contributed by atoms with van der Waals surface area (Å²) in [6.07, 6.45) is 2.37. The molecule has 2 aromatic rings. The van der Waals surface area contributed by atoms with Gasteiger partial charge in [0.1, 0.15) is 11.9 Å². The van der Waals surface area contributed by atoms with E-state index in [4.69, 9.17) is 11.6 Å². The molecule has 0 unspecified atom stereocenters. The number of halogens is 2.